The number of nitrogens with zero attached hydrogens (tertiary/aromatic N) is 1. The molecule has 1 unspecified atom stereocenters. The fraction of sp³-hybridized carbons (Fsp3) is 0.750. The molecular formula is C8H16N4O2. The molecule has 6 nitrogen and oxygen atoms in total. The first kappa shape index (κ1) is 10.9. The molecule has 1 fully saturated rings. The Labute approximate surface area is 82.8 Å². The van der Waals surface area contributed by atoms with Crippen LogP contribution in [0.1, 0.15) is 6.42 Å². The third kappa shape index (κ3) is 2.68. The first-order valence-corrected chi connectivity index (χ1v) is 4.60. The van der Waals surface area contributed by atoms with Crippen molar-refractivity contribution in [2.75, 3.05) is 26.7 Å². The standard InChI is InChI=1S/C8H16N4O2/c1-10-8(14)6-2-3-12(4-6)5-7(13)11-9/h6H,2-5,9H2,1H3,(H,10,14)(H,11,13). The second-order valence-electron chi connectivity index (χ2n) is 3.40. The predicted molar refractivity (Wildman–Crippen MR) is 50.9 cm³/mol. The number of nitrogens with one attached hydrogen (secondary N) is 2. The van der Waals surface area contributed by atoms with Gasteiger partial charge in [0, 0.05) is 13.6 Å². The van der Waals surface area contributed by atoms with Crippen molar-refractivity contribution in [3.63, 3.8) is 0 Å². The molecule has 1 aliphatic heterocycles. The van der Waals surface area contributed by atoms with Crippen molar-refractivity contribution in [3.05, 3.63) is 0 Å². The third-order valence-corrected chi connectivity index (χ3v) is 2.42. The third-order valence-electron chi connectivity index (χ3n) is 2.42. The number of rotatable bonds is 3. The van der Waals surface area contributed by atoms with Crippen LogP contribution >= 0.6 is 0 Å². The number of likely N-dealkylation sites (tertiary alicyclic amines) is 1. The van der Waals surface area contributed by atoms with E-state index in [4.69, 9.17) is 5.84 Å². The van der Waals surface area contributed by atoms with Gasteiger partial charge in [0.2, 0.25) is 11.8 Å². The van der Waals surface area contributed by atoms with Crippen LogP contribution in [-0.2, 0) is 9.59 Å². The van der Waals surface area contributed by atoms with Gasteiger partial charge in [-0.15, -0.1) is 0 Å². The lowest BCUT2D eigenvalue weighted by Gasteiger charge is -2.13. The summed E-state index contributed by atoms with van der Waals surface area (Å²) in [4.78, 5) is 24.1. The number of carbonyl (C=O) groups excluding carboxylic acids is 2. The van der Waals surface area contributed by atoms with Crippen LogP contribution in [0.3, 0.4) is 0 Å². The smallest absolute Gasteiger partial charge is 0.248 e. The van der Waals surface area contributed by atoms with Crippen LogP contribution < -0.4 is 16.6 Å². The molecule has 0 spiro atoms. The maximum atomic E-state index is 11.3. The van der Waals surface area contributed by atoms with Crippen LogP contribution in [0.2, 0.25) is 0 Å². The van der Waals surface area contributed by atoms with Gasteiger partial charge in [0.25, 0.3) is 0 Å². The summed E-state index contributed by atoms with van der Waals surface area (Å²) in [6.07, 6.45) is 0.803. The van der Waals surface area contributed by atoms with Crippen LogP contribution in [0.25, 0.3) is 0 Å². The summed E-state index contributed by atoms with van der Waals surface area (Å²) >= 11 is 0. The molecule has 1 saturated heterocycles. The monoisotopic (exact) mass is 200 g/mol. The highest BCUT2D eigenvalue weighted by atomic mass is 16.2. The van der Waals surface area contributed by atoms with E-state index in [2.05, 4.69) is 10.7 Å². The molecular weight excluding hydrogens is 184 g/mol. The fourth-order valence-electron chi connectivity index (χ4n) is 1.64. The Hall–Kier alpha value is -1.14. The normalized spacial score (nSPS) is 22.0. The molecule has 1 atom stereocenters. The second kappa shape index (κ2) is 4.92. The minimum Gasteiger partial charge on any atom is -0.359 e. The zero-order valence-corrected chi connectivity index (χ0v) is 8.25. The van der Waals surface area contributed by atoms with Gasteiger partial charge in [-0.1, -0.05) is 0 Å². The van der Waals surface area contributed by atoms with Crippen LogP contribution in [0.15, 0.2) is 0 Å². The number of nitrogens with two attached hydrogens (primary N) is 1. The molecule has 0 bridgehead atoms. The Morgan fingerprint density at radius 1 is 1.57 bits per heavy atom. The minimum absolute atomic E-state index is 0.00516. The minimum atomic E-state index is -0.220. The zero-order chi connectivity index (χ0) is 10.6. The van der Waals surface area contributed by atoms with Crippen molar-refractivity contribution in [2.24, 2.45) is 11.8 Å². The highest BCUT2D eigenvalue weighted by Gasteiger charge is 2.28. The maximum Gasteiger partial charge on any atom is 0.248 e. The zero-order valence-electron chi connectivity index (χ0n) is 8.25. The van der Waals surface area contributed by atoms with E-state index in [1.807, 2.05) is 4.90 Å². The van der Waals surface area contributed by atoms with Crippen molar-refractivity contribution >= 4 is 11.8 Å². The van der Waals surface area contributed by atoms with Crippen molar-refractivity contribution in [2.45, 2.75) is 6.42 Å². The van der Waals surface area contributed by atoms with E-state index in [1.54, 1.807) is 7.05 Å². The molecule has 0 aromatic heterocycles. The van der Waals surface area contributed by atoms with Gasteiger partial charge >= 0.3 is 0 Å². The van der Waals surface area contributed by atoms with Crippen molar-refractivity contribution in [1.29, 1.82) is 0 Å². The highest BCUT2D eigenvalue weighted by molar-refractivity contribution is 5.80. The average molecular weight is 200 g/mol. The molecule has 2 amide bonds. The number of hydrogen-bond acceptors (Lipinski definition) is 4. The Kier molecular flexibility index (Phi) is 3.84. The Morgan fingerprint density at radius 3 is 2.86 bits per heavy atom. The van der Waals surface area contributed by atoms with E-state index >= 15 is 0 Å². The van der Waals surface area contributed by atoms with E-state index in [1.165, 1.54) is 0 Å². The van der Waals surface area contributed by atoms with Crippen molar-refractivity contribution in [1.82, 2.24) is 15.6 Å². The summed E-state index contributed by atoms with van der Waals surface area (Å²) in [5.74, 6) is 4.79. The topological polar surface area (TPSA) is 87.5 Å². The first-order chi connectivity index (χ1) is 6.67. The van der Waals surface area contributed by atoms with Gasteiger partial charge < -0.3 is 5.32 Å². The van der Waals surface area contributed by atoms with Gasteiger partial charge in [0.1, 0.15) is 0 Å². The van der Waals surface area contributed by atoms with E-state index < -0.39 is 0 Å². The van der Waals surface area contributed by atoms with Gasteiger partial charge in [-0.3, -0.25) is 19.9 Å². The van der Waals surface area contributed by atoms with Gasteiger partial charge in [-0.05, 0) is 13.0 Å². The number of hydrogen-bond donors (Lipinski definition) is 3. The number of carbonyl (C=O) groups is 2. The highest BCUT2D eigenvalue weighted by Crippen LogP contribution is 2.15. The second-order valence-corrected chi connectivity index (χ2v) is 3.40. The summed E-state index contributed by atoms with van der Waals surface area (Å²) in [5, 5.41) is 2.60. The summed E-state index contributed by atoms with van der Waals surface area (Å²) in [6, 6.07) is 0. The Morgan fingerprint density at radius 2 is 2.29 bits per heavy atom. The van der Waals surface area contributed by atoms with E-state index in [-0.39, 0.29) is 24.3 Å². The molecule has 1 heterocycles. The molecule has 1 rings (SSSR count). The lowest BCUT2D eigenvalue weighted by molar-refractivity contribution is -0.125. The molecule has 0 saturated carbocycles. The summed E-state index contributed by atoms with van der Waals surface area (Å²) < 4.78 is 0. The predicted octanol–water partition coefficient (Wildman–Crippen LogP) is -1.96. The van der Waals surface area contributed by atoms with Crippen LogP contribution in [-0.4, -0.2) is 43.4 Å². The molecule has 14 heavy (non-hydrogen) atoms. The quantitative estimate of drug-likeness (QED) is 0.280. The number of amides is 2. The van der Waals surface area contributed by atoms with E-state index in [0.717, 1.165) is 13.0 Å². The van der Waals surface area contributed by atoms with Crippen molar-refractivity contribution < 1.29 is 9.59 Å². The molecule has 1 aliphatic rings. The molecule has 0 radical (unpaired) electrons. The van der Waals surface area contributed by atoms with E-state index in [0.29, 0.717) is 6.54 Å². The maximum absolute atomic E-state index is 11.3. The van der Waals surface area contributed by atoms with E-state index in [9.17, 15) is 9.59 Å². The van der Waals surface area contributed by atoms with Gasteiger partial charge in [0.05, 0.1) is 12.5 Å². The SMILES string of the molecule is CNC(=O)C1CCN(CC(=O)NN)C1. The molecule has 0 aromatic rings. The van der Waals surface area contributed by atoms with Gasteiger partial charge in [-0.25, -0.2) is 5.84 Å². The summed E-state index contributed by atoms with van der Waals surface area (Å²) in [7, 11) is 1.62. The fourth-order valence-corrected chi connectivity index (χ4v) is 1.64. The molecule has 4 N–H and O–H groups in total. The average Bonchev–Trinajstić information content (AvgIpc) is 2.65. The Bertz CT molecular complexity index is 231. The molecule has 80 valence electrons. The van der Waals surface area contributed by atoms with Gasteiger partial charge in [0.15, 0.2) is 0 Å². The molecule has 0 aromatic carbocycles. The largest absolute Gasteiger partial charge is 0.359 e. The molecule has 0 aliphatic carbocycles. The van der Waals surface area contributed by atoms with Gasteiger partial charge in [-0.2, -0.15) is 0 Å². The lowest BCUT2D eigenvalue weighted by Crippen LogP contribution is -2.40. The Balaban J connectivity index is 2.34. The van der Waals surface area contributed by atoms with Crippen LogP contribution in [0, 0.1) is 5.92 Å². The number of hydrazine groups is 1. The lowest BCUT2D eigenvalue weighted by atomic mass is 10.1. The molecule has 6 heteroatoms. The first-order valence-electron chi connectivity index (χ1n) is 4.60. The van der Waals surface area contributed by atoms with Crippen LogP contribution in [0.5, 0.6) is 0 Å². The van der Waals surface area contributed by atoms with Crippen LogP contribution in [0.4, 0.5) is 0 Å². The summed E-state index contributed by atoms with van der Waals surface area (Å²) in [6.45, 7) is 1.67. The van der Waals surface area contributed by atoms with Crippen molar-refractivity contribution in [3.8, 4) is 0 Å². The summed E-state index contributed by atoms with van der Waals surface area (Å²) in [5.41, 5.74) is 2.07.